The molecule has 1 aliphatic rings. The van der Waals surface area contributed by atoms with Crippen molar-refractivity contribution in [1.29, 1.82) is 0 Å². The largest absolute Gasteiger partial charge is 0.199 e. The maximum Gasteiger partial charge on any atom is 0.199 e. The third-order valence-corrected chi connectivity index (χ3v) is 5.52. The van der Waals surface area contributed by atoms with Crippen LogP contribution in [0, 0.1) is 5.41 Å². The Morgan fingerprint density at radius 1 is 1.25 bits per heavy atom. The van der Waals surface area contributed by atoms with E-state index < -0.39 is 0 Å². The minimum Gasteiger partial charge on any atom is -0.199 e. The number of allylic oxidation sites excluding steroid dienone is 5. The van der Waals surface area contributed by atoms with Crippen LogP contribution in [0.1, 0.15) is 54.9 Å². The third-order valence-electron chi connectivity index (χ3n) is 5.52. The molecule has 1 aliphatic carbocycles. The highest BCUT2D eigenvalue weighted by atomic mass is 15.2. The van der Waals surface area contributed by atoms with E-state index in [2.05, 4.69) is 71.6 Å². The fourth-order valence-corrected chi connectivity index (χ4v) is 3.15. The van der Waals surface area contributed by atoms with Crippen LogP contribution < -0.4 is 0 Å². The van der Waals surface area contributed by atoms with Gasteiger partial charge in [-0.05, 0) is 34.1 Å². The van der Waals surface area contributed by atoms with Crippen molar-refractivity contribution >= 4 is 6.72 Å². The second-order valence-corrected chi connectivity index (χ2v) is 6.20. The molecule has 2 atom stereocenters. The Labute approximate surface area is 125 Å². The second kappa shape index (κ2) is 5.55. The van der Waals surface area contributed by atoms with Crippen LogP contribution in [0.25, 0.3) is 0 Å². The van der Waals surface area contributed by atoms with E-state index in [-0.39, 0.29) is 11.0 Å². The van der Waals surface area contributed by atoms with Gasteiger partial charge in [0.15, 0.2) is 11.2 Å². The molecule has 0 bridgehead atoms. The van der Waals surface area contributed by atoms with E-state index in [0.717, 1.165) is 12.1 Å². The minimum atomic E-state index is -0.0876. The molecule has 2 unspecified atom stereocenters. The lowest BCUT2D eigenvalue weighted by atomic mass is 9.89. The van der Waals surface area contributed by atoms with Crippen LogP contribution >= 0.6 is 0 Å². The van der Waals surface area contributed by atoms with Crippen LogP contribution in [0.2, 0.25) is 0 Å². The molecule has 1 fully saturated rings. The van der Waals surface area contributed by atoms with Gasteiger partial charge in [0, 0.05) is 25.5 Å². The highest BCUT2D eigenvalue weighted by Crippen LogP contribution is 2.67. The van der Waals surface area contributed by atoms with Gasteiger partial charge in [-0.3, -0.25) is 0 Å². The van der Waals surface area contributed by atoms with E-state index in [4.69, 9.17) is 0 Å². The van der Waals surface area contributed by atoms with Crippen LogP contribution in [-0.2, 0) is 0 Å². The zero-order chi connectivity index (χ0) is 15.7. The Kier molecular flexibility index (Phi) is 4.63. The van der Waals surface area contributed by atoms with E-state index in [1.807, 2.05) is 13.0 Å². The van der Waals surface area contributed by atoms with Crippen molar-refractivity contribution in [3.05, 3.63) is 47.2 Å². The van der Waals surface area contributed by atoms with Gasteiger partial charge in [-0.2, -0.15) is 4.58 Å². The second-order valence-electron chi connectivity index (χ2n) is 6.20. The molecule has 0 aliphatic heterocycles. The van der Waals surface area contributed by atoms with Gasteiger partial charge in [-0.1, -0.05) is 36.8 Å². The average molecular weight is 272 g/mol. The molecule has 0 aromatic rings. The maximum absolute atomic E-state index is 4.33. The van der Waals surface area contributed by atoms with Crippen molar-refractivity contribution in [1.82, 2.24) is 0 Å². The molecule has 0 radical (unpaired) electrons. The molecule has 0 aromatic carbocycles. The summed E-state index contributed by atoms with van der Waals surface area (Å²) in [5, 5.41) is 0. The topological polar surface area (TPSA) is 3.01 Å². The zero-order valence-electron chi connectivity index (χ0n) is 14.3. The summed E-state index contributed by atoms with van der Waals surface area (Å²) in [6.07, 6.45) is 7.29. The van der Waals surface area contributed by atoms with Gasteiger partial charge in [0.1, 0.15) is 6.72 Å². The Hall–Kier alpha value is -1.37. The molecular weight excluding hydrogens is 242 g/mol. The Balaban J connectivity index is 3.21. The van der Waals surface area contributed by atoms with Crippen molar-refractivity contribution in [2.24, 2.45) is 5.41 Å². The molecule has 0 saturated heterocycles. The standard InChI is InChI=1S/C19H30N/c1-10-12-13-15(4)20(9)19(8)17(6)18(19,7)16(5)14(3)11-2/h10,12-13H,6,9,11H2,1-5,7-8H3/q+1/b12-10-,15-13+,16-14+. The molecular formula is C19H30N+. The Morgan fingerprint density at radius 2 is 1.80 bits per heavy atom. The number of hydrogen-bond acceptors (Lipinski definition) is 0. The first-order valence-electron chi connectivity index (χ1n) is 7.46. The highest BCUT2D eigenvalue weighted by Gasteiger charge is 2.75. The fourth-order valence-electron chi connectivity index (χ4n) is 3.15. The average Bonchev–Trinajstić information content (AvgIpc) is 2.90. The van der Waals surface area contributed by atoms with Gasteiger partial charge in [0.05, 0.1) is 5.41 Å². The lowest BCUT2D eigenvalue weighted by Crippen LogP contribution is -2.29. The Bertz CT molecular complexity index is 530. The van der Waals surface area contributed by atoms with Crippen molar-refractivity contribution in [3.63, 3.8) is 0 Å². The lowest BCUT2D eigenvalue weighted by Gasteiger charge is -2.18. The first kappa shape index (κ1) is 16.7. The Morgan fingerprint density at radius 3 is 2.25 bits per heavy atom. The lowest BCUT2D eigenvalue weighted by molar-refractivity contribution is -0.525. The molecule has 1 rings (SSSR count). The molecule has 110 valence electrons. The summed E-state index contributed by atoms with van der Waals surface area (Å²) in [5.74, 6) is 0. The highest BCUT2D eigenvalue weighted by molar-refractivity contribution is 5.55. The van der Waals surface area contributed by atoms with Crippen molar-refractivity contribution in [2.45, 2.75) is 60.4 Å². The number of rotatable bonds is 5. The van der Waals surface area contributed by atoms with E-state index >= 15 is 0 Å². The van der Waals surface area contributed by atoms with Crippen LogP contribution in [0.15, 0.2) is 47.2 Å². The van der Waals surface area contributed by atoms with E-state index in [0.29, 0.717) is 0 Å². The monoisotopic (exact) mass is 272 g/mol. The van der Waals surface area contributed by atoms with Crippen LogP contribution in [0.5, 0.6) is 0 Å². The van der Waals surface area contributed by atoms with Crippen LogP contribution in [0.3, 0.4) is 0 Å². The van der Waals surface area contributed by atoms with Gasteiger partial charge in [-0.25, -0.2) is 0 Å². The predicted molar refractivity (Wildman–Crippen MR) is 90.3 cm³/mol. The quantitative estimate of drug-likeness (QED) is 0.278. The smallest absolute Gasteiger partial charge is 0.199 e. The maximum atomic E-state index is 4.33. The fraction of sp³-hybridized carbons (Fsp3) is 0.526. The first-order chi connectivity index (χ1) is 9.19. The number of hydrogen-bond donors (Lipinski definition) is 0. The van der Waals surface area contributed by atoms with Gasteiger partial charge < -0.3 is 0 Å². The summed E-state index contributed by atoms with van der Waals surface area (Å²) >= 11 is 0. The summed E-state index contributed by atoms with van der Waals surface area (Å²) < 4.78 is 2.13. The van der Waals surface area contributed by atoms with Gasteiger partial charge >= 0.3 is 0 Å². The molecule has 0 spiro atoms. The van der Waals surface area contributed by atoms with Gasteiger partial charge in [-0.15, -0.1) is 0 Å². The molecule has 20 heavy (non-hydrogen) atoms. The van der Waals surface area contributed by atoms with E-state index in [9.17, 15) is 0 Å². The molecule has 0 heterocycles. The summed E-state index contributed by atoms with van der Waals surface area (Å²) in [5.41, 5.74) is 5.27. The number of nitrogens with zero attached hydrogens (tertiary/aromatic N) is 1. The minimum absolute atomic E-state index is 0.0277. The van der Waals surface area contributed by atoms with Crippen molar-refractivity contribution in [2.75, 3.05) is 0 Å². The SMILES string of the molecule is C=C1C(C)(/C(C)=C(\C)CC)C1(C)[N+](=C)/C(C)=C/C=C\C. The van der Waals surface area contributed by atoms with Crippen molar-refractivity contribution < 1.29 is 4.58 Å². The molecule has 1 nitrogen and oxygen atoms in total. The summed E-state index contributed by atoms with van der Waals surface area (Å²) in [7, 11) is 0. The summed E-state index contributed by atoms with van der Waals surface area (Å²) in [6, 6.07) is 0. The third kappa shape index (κ3) is 2.13. The molecule has 1 saturated carbocycles. The predicted octanol–water partition coefficient (Wildman–Crippen LogP) is 5.26. The summed E-state index contributed by atoms with van der Waals surface area (Å²) in [6.45, 7) is 24.0. The zero-order valence-corrected chi connectivity index (χ0v) is 14.3. The van der Waals surface area contributed by atoms with Crippen molar-refractivity contribution in [3.8, 4) is 0 Å². The normalized spacial score (nSPS) is 31.6. The molecule has 1 heteroatoms. The van der Waals surface area contributed by atoms with Crippen LogP contribution in [0.4, 0.5) is 0 Å². The molecule has 0 aromatic heterocycles. The van der Waals surface area contributed by atoms with E-state index in [1.54, 1.807) is 0 Å². The molecule has 0 amide bonds. The van der Waals surface area contributed by atoms with Gasteiger partial charge in [0.2, 0.25) is 0 Å². The first-order valence-corrected chi connectivity index (χ1v) is 7.46. The van der Waals surface area contributed by atoms with Crippen LogP contribution in [-0.4, -0.2) is 16.8 Å². The summed E-state index contributed by atoms with van der Waals surface area (Å²) in [4.78, 5) is 0. The van der Waals surface area contributed by atoms with Gasteiger partial charge in [0.25, 0.3) is 0 Å². The molecule has 0 N–H and O–H groups in total. The van der Waals surface area contributed by atoms with E-state index in [1.165, 1.54) is 16.7 Å².